The maximum atomic E-state index is 10.6. The van der Waals surface area contributed by atoms with E-state index >= 15 is 0 Å². The second-order valence-electron chi connectivity index (χ2n) is 9.01. The molecule has 2 aliphatic heterocycles. The average Bonchev–Trinajstić information content (AvgIpc) is 3.49. The first-order valence-electron chi connectivity index (χ1n) is 11.4. The lowest BCUT2D eigenvalue weighted by atomic mass is 9.79. The van der Waals surface area contributed by atoms with Crippen molar-refractivity contribution in [3.05, 3.63) is 52.5 Å². The number of hydrogen-bond donors (Lipinski definition) is 3. The molecule has 2 fully saturated rings. The highest BCUT2D eigenvalue weighted by atomic mass is 32.1. The molecule has 0 atom stereocenters. The number of pyridine rings is 1. The Balaban J connectivity index is 0.000000348. The topological polar surface area (TPSA) is 131 Å². The summed E-state index contributed by atoms with van der Waals surface area (Å²) in [5.41, 5.74) is 3.38. The summed E-state index contributed by atoms with van der Waals surface area (Å²) in [5, 5.41) is 25.8. The molecule has 2 aromatic rings. The number of carboxylic acids is 3. The monoisotopic (exact) mass is 641 g/mol. The Labute approximate surface area is 235 Å². The zero-order chi connectivity index (χ0) is 32.4. The van der Waals surface area contributed by atoms with Crippen molar-refractivity contribution < 1.29 is 69.2 Å². The van der Waals surface area contributed by atoms with Gasteiger partial charge in [0.25, 0.3) is 0 Å². The number of alkyl halides is 9. The Morgan fingerprint density at radius 3 is 1.62 bits per heavy atom. The zero-order valence-corrected chi connectivity index (χ0v) is 22.0. The lowest BCUT2D eigenvalue weighted by Crippen LogP contribution is -2.56. The summed E-state index contributed by atoms with van der Waals surface area (Å²) in [6.07, 6.45) is -10.1. The second-order valence-corrected chi connectivity index (χ2v) is 9.79. The van der Waals surface area contributed by atoms with Gasteiger partial charge in [0.1, 0.15) is 0 Å². The molecule has 2 aromatic heterocycles. The first-order chi connectivity index (χ1) is 19.1. The molecule has 4 rings (SSSR count). The Bertz CT molecular complexity index is 1080. The number of nitrogens with zero attached hydrogens (tertiary/aromatic N) is 3. The van der Waals surface area contributed by atoms with Gasteiger partial charge in [-0.05, 0) is 47.0 Å². The largest absolute Gasteiger partial charge is 0.490 e. The van der Waals surface area contributed by atoms with Gasteiger partial charge in [0.15, 0.2) is 0 Å². The SMILES string of the molecule is O=C(O)C(F)(F)F.O=C(O)C(F)(F)F.O=C(O)C(F)(F)F.c1cncc(CN2CCC3(C2)CN(Cc2ccsc2)C3)c1. The Morgan fingerprint density at radius 2 is 1.24 bits per heavy atom. The van der Waals surface area contributed by atoms with Gasteiger partial charge in [0, 0.05) is 50.5 Å². The standard InChI is InChI=1S/C17H21N3S.3C2HF3O2/c1-2-15(8-18-5-1)9-19-6-4-17(12-19)13-20(14-17)10-16-3-7-21-11-16;3*3-2(4,5)1(6)7/h1-3,5,7-8,11H,4,6,9-10,12-14H2;3*(H,6,7). The van der Waals surface area contributed by atoms with Gasteiger partial charge in [-0.1, -0.05) is 6.07 Å². The highest BCUT2D eigenvalue weighted by Crippen LogP contribution is 2.40. The summed E-state index contributed by atoms with van der Waals surface area (Å²) in [6.45, 7) is 7.22. The van der Waals surface area contributed by atoms with Crippen molar-refractivity contribution in [3.8, 4) is 0 Å². The molecule has 4 heterocycles. The second kappa shape index (κ2) is 15.1. The molecule has 2 aliphatic rings. The average molecular weight is 642 g/mol. The van der Waals surface area contributed by atoms with Crippen molar-refractivity contribution >= 4 is 29.2 Å². The molecule has 19 heteroatoms. The molecule has 0 unspecified atom stereocenters. The van der Waals surface area contributed by atoms with E-state index in [9.17, 15) is 39.5 Å². The van der Waals surface area contributed by atoms with Crippen LogP contribution >= 0.6 is 11.3 Å². The highest BCUT2D eigenvalue weighted by Gasteiger charge is 2.47. The molecular weight excluding hydrogens is 617 g/mol. The highest BCUT2D eigenvalue weighted by molar-refractivity contribution is 7.07. The normalized spacial score (nSPS) is 16.5. The quantitative estimate of drug-likeness (QED) is 0.405. The van der Waals surface area contributed by atoms with Crippen molar-refractivity contribution in [1.29, 1.82) is 0 Å². The molecule has 0 bridgehead atoms. The molecule has 3 N–H and O–H groups in total. The van der Waals surface area contributed by atoms with Crippen molar-refractivity contribution in [2.45, 2.75) is 38.0 Å². The van der Waals surface area contributed by atoms with Crippen LogP contribution in [0.4, 0.5) is 39.5 Å². The summed E-state index contributed by atoms with van der Waals surface area (Å²) >= 11 is 1.80. The summed E-state index contributed by atoms with van der Waals surface area (Å²) in [7, 11) is 0. The fraction of sp³-hybridized carbons (Fsp3) is 0.478. The molecule has 0 radical (unpaired) electrons. The predicted octanol–water partition coefficient (Wildman–Crippen LogP) is 4.75. The van der Waals surface area contributed by atoms with E-state index in [0.717, 1.165) is 13.1 Å². The molecular formula is C23H24F9N3O6S. The van der Waals surface area contributed by atoms with Crippen molar-refractivity contribution in [3.63, 3.8) is 0 Å². The Kier molecular flexibility index (Phi) is 13.2. The van der Waals surface area contributed by atoms with Gasteiger partial charge in [0.2, 0.25) is 0 Å². The van der Waals surface area contributed by atoms with E-state index in [1.807, 2.05) is 18.5 Å². The lowest BCUT2D eigenvalue weighted by molar-refractivity contribution is -0.193. The van der Waals surface area contributed by atoms with Crippen LogP contribution in [0.3, 0.4) is 0 Å². The minimum absolute atomic E-state index is 0.568. The van der Waals surface area contributed by atoms with Crippen LogP contribution in [0.2, 0.25) is 0 Å². The fourth-order valence-corrected chi connectivity index (χ4v) is 4.49. The molecule has 2 saturated heterocycles. The van der Waals surface area contributed by atoms with E-state index in [0.29, 0.717) is 5.41 Å². The number of thiophene rings is 1. The van der Waals surface area contributed by atoms with E-state index in [1.165, 1.54) is 43.7 Å². The van der Waals surface area contributed by atoms with Gasteiger partial charge in [0.05, 0.1) is 0 Å². The van der Waals surface area contributed by atoms with Crippen LogP contribution in [0.15, 0.2) is 41.4 Å². The summed E-state index contributed by atoms with van der Waals surface area (Å²) in [6, 6.07) is 6.47. The molecule has 0 amide bonds. The van der Waals surface area contributed by atoms with E-state index in [1.54, 1.807) is 11.3 Å². The van der Waals surface area contributed by atoms with Crippen molar-refractivity contribution in [1.82, 2.24) is 14.8 Å². The zero-order valence-electron chi connectivity index (χ0n) is 21.2. The molecule has 0 saturated carbocycles. The van der Waals surface area contributed by atoms with Crippen LogP contribution in [-0.4, -0.2) is 92.7 Å². The van der Waals surface area contributed by atoms with Crippen LogP contribution in [-0.2, 0) is 27.5 Å². The molecule has 236 valence electrons. The smallest absolute Gasteiger partial charge is 0.475 e. The summed E-state index contributed by atoms with van der Waals surface area (Å²) < 4.78 is 95.2. The third kappa shape index (κ3) is 13.5. The van der Waals surface area contributed by atoms with Gasteiger partial charge in [-0.25, -0.2) is 14.4 Å². The number of likely N-dealkylation sites (tertiary alicyclic amines) is 2. The Hall–Kier alpha value is -3.45. The predicted molar refractivity (Wildman–Crippen MR) is 127 cm³/mol. The summed E-state index contributed by atoms with van der Waals surface area (Å²) in [4.78, 5) is 36.1. The maximum absolute atomic E-state index is 10.6. The number of carbonyl (C=O) groups is 3. The lowest BCUT2D eigenvalue weighted by Gasteiger charge is -2.48. The number of rotatable bonds is 4. The first-order valence-corrected chi connectivity index (χ1v) is 12.3. The van der Waals surface area contributed by atoms with Gasteiger partial charge < -0.3 is 15.3 Å². The van der Waals surface area contributed by atoms with Crippen LogP contribution in [0.25, 0.3) is 0 Å². The van der Waals surface area contributed by atoms with Crippen LogP contribution < -0.4 is 0 Å². The van der Waals surface area contributed by atoms with Gasteiger partial charge in [-0.2, -0.15) is 50.9 Å². The van der Waals surface area contributed by atoms with Crippen LogP contribution in [0, 0.1) is 5.41 Å². The molecule has 0 aliphatic carbocycles. The van der Waals surface area contributed by atoms with Crippen LogP contribution in [0.1, 0.15) is 17.5 Å². The maximum Gasteiger partial charge on any atom is 0.490 e. The molecule has 1 spiro atoms. The van der Waals surface area contributed by atoms with Crippen molar-refractivity contribution in [2.75, 3.05) is 26.2 Å². The van der Waals surface area contributed by atoms with Crippen LogP contribution in [0.5, 0.6) is 0 Å². The summed E-state index contributed by atoms with van der Waals surface area (Å²) in [5.74, 6) is -8.27. The minimum Gasteiger partial charge on any atom is -0.475 e. The van der Waals surface area contributed by atoms with E-state index < -0.39 is 36.4 Å². The van der Waals surface area contributed by atoms with E-state index in [2.05, 4.69) is 37.7 Å². The number of aromatic nitrogens is 1. The Morgan fingerprint density at radius 1 is 0.786 bits per heavy atom. The first kappa shape index (κ1) is 36.6. The van der Waals surface area contributed by atoms with Gasteiger partial charge in [-0.15, -0.1) is 0 Å². The minimum atomic E-state index is -5.08. The number of carboxylic acid groups (broad SMARTS) is 3. The number of halogens is 9. The van der Waals surface area contributed by atoms with Gasteiger partial charge in [-0.3, -0.25) is 14.8 Å². The fourth-order valence-electron chi connectivity index (χ4n) is 3.83. The third-order valence-electron chi connectivity index (χ3n) is 5.48. The third-order valence-corrected chi connectivity index (χ3v) is 6.21. The number of aliphatic carboxylic acids is 3. The molecule has 9 nitrogen and oxygen atoms in total. The van der Waals surface area contributed by atoms with E-state index in [-0.39, 0.29) is 0 Å². The molecule has 0 aromatic carbocycles. The number of hydrogen-bond acceptors (Lipinski definition) is 7. The van der Waals surface area contributed by atoms with Crippen molar-refractivity contribution in [2.24, 2.45) is 5.41 Å². The van der Waals surface area contributed by atoms with E-state index in [4.69, 9.17) is 29.7 Å². The molecule has 42 heavy (non-hydrogen) atoms. The van der Waals surface area contributed by atoms with Gasteiger partial charge >= 0.3 is 36.4 Å².